The standard InChI is InChI=1S/C18H28N2/c1-15(12-16-8-5-9-16)19-18-10-11-20(14-18)13-17-6-3-2-4-7-17/h2-4,6-7,15-16,18-19H,5,8-14H2,1H3. The summed E-state index contributed by atoms with van der Waals surface area (Å²) < 4.78 is 0. The van der Waals surface area contributed by atoms with E-state index in [0.29, 0.717) is 12.1 Å². The van der Waals surface area contributed by atoms with Crippen molar-refractivity contribution in [1.29, 1.82) is 0 Å². The van der Waals surface area contributed by atoms with Crippen LogP contribution in [0.15, 0.2) is 30.3 Å². The first-order valence-electron chi connectivity index (χ1n) is 8.32. The first-order valence-corrected chi connectivity index (χ1v) is 8.32. The zero-order chi connectivity index (χ0) is 13.8. The zero-order valence-corrected chi connectivity index (χ0v) is 12.7. The van der Waals surface area contributed by atoms with Gasteiger partial charge in [-0.3, -0.25) is 4.90 Å². The predicted molar refractivity (Wildman–Crippen MR) is 84.7 cm³/mol. The number of rotatable bonds is 6. The Morgan fingerprint density at radius 1 is 1.20 bits per heavy atom. The van der Waals surface area contributed by atoms with Gasteiger partial charge in [0.1, 0.15) is 0 Å². The molecule has 0 bridgehead atoms. The maximum Gasteiger partial charge on any atom is 0.0234 e. The summed E-state index contributed by atoms with van der Waals surface area (Å²) in [6, 6.07) is 12.2. The molecule has 2 fully saturated rings. The lowest BCUT2D eigenvalue weighted by molar-refractivity contribution is 0.254. The van der Waals surface area contributed by atoms with Crippen molar-refractivity contribution in [2.45, 2.75) is 57.7 Å². The molecule has 1 aromatic rings. The van der Waals surface area contributed by atoms with Gasteiger partial charge in [-0.2, -0.15) is 0 Å². The largest absolute Gasteiger partial charge is 0.310 e. The van der Waals surface area contributed by atoms with E-state index in [-0.39, 0.29) is 0 Å². The molecule has 110 valence electrons. The molecule has 0 aromatic heterocycles. The molecule has 20 heavy (non-hydrogen) atoms. The van der Waals surface area contributed by atoms with E-state index >= 15 is 0 Å². The van der Waals surface area contributed by atoms with Crippen molar-refractivity contribution < 1.29 is 0 Å². The topological polar surface area (TPSA) is 15.3 Å². The van der Waals surface area contributed by atoms with Crippen LogP contribution in [0.4, 0.5) is 0 Å². The molecular formula is C18H28N2. The molecule has 2 aliphatic rings. The second kappa shape index (κ2) is 6.73. The Bertz CT molecular complexity index is 399. The number of likely N-dealkylation sites (tertiary alicyclic amines) is 1. The van der Waals surface area contributed by atoms with Crippen LogP contribution < -0.4 is 5.32 Å². The van der Waals surface area contributed by atoms with E-state index in [1.165, 1.54) is 50.8 Å². The quantitative estimate of drug-likeness (QED) is 0.853. The number of benzene rings is 1. The SMILES string of the molecule is CC(CC1CCC1)NC1CCN(Cc2ccccc2)C1. The minimum atomic E-state index is 0.696. The van der Waals surface area contributed by atoms with Crippen molar-refractivity contribution in [3.05, 3.63) is 35.9 Å². The molecule has 1 heterocycles. The zero-order valence-electron chi connectivity index (χ0n) is 12.7. The van der Waals surface area contributed by atoms with E-state index in [4.69, 9.17) is 0 Å². The molecule has 1 aromatic carbocycles. The summed E-state index contributed by atoms with van der Waals surface area (Å²) in [6.45, 7) is 5.93. The second-order valence-electron chi connectivity index (χ2n) is 6.81. The highest BCUT2D eigenvalue weighted by molar-refractivity contribution is 5.14. The smallest absolute Gasteiger partial charge is 0.0234 e. The van der Waals surface area contributed by atoms with E-state index in [2.05, 4.69) is 47.5 Å². The normalized spacial score (nSPS) is 25.6. The lowest BCUT2D eigenvalue weighted by atomic mass is 9.81. The van der Waals surface area contributed by atoms with Gasteiger partial charge in [-0.25, -0.2) is 0 Å². The van der Waals surface area contributed by atoms with Gasteiger partial charge in [0, 0.05) is 31.7 Å². The highest BCUT2D eigenvalue weighted by Crippen LogP contribution is 2.30. The Morgan fingerprint density at radius 3 is 2.70 bits per heavy atom. The Balaban J connectivity index is 1.40. The molecule has 2 unspecified atom stereocenters. The molecule has 1 saturated heterocycles. The third-order valence-electron chi connectivity index (χ3n) is 4.95. The molecule has 2 nitrogen and oxygen atoms in total. The van der Waals surface area contributed by atoms with Gasteiger partial charge in [-0.1, -0.05) is 49.6 Å². The number of hydrogen-bond acceptors (Lipinski definition) is 2. The van der Waals surface area contributed by atoms with Crippen molar-refractivity contribution in [3.63, 3.8) is 0 Å². The molecule has 1 N–H and O–H groups in total. The third-order valence-corrected chi connectivity index (χ3v) is 4.95. The van der Waals surface area contributed by atoms with Crippen LogP contribution in [0.1, 0.15) is 44.6 Å². The molecule has 0 spiro atoms. The average Bonchev–Trinajstić information content (AvgIpc) is 2.82. The Labute approximate surface area is 123 Å². The van der Waals surface area contributed by atoms with E-state index < -0.39 is 0 Å². The molecule has 1 saturated carbocycles. The van der Waals surface area contributed by atoms with Crippen LogP contribution in [0.2, 0.25) is 0 Å². The molecule has 0 radical (unpaired) electrons. The van der Waals surface area contributed by atoms with Gasteiger partial charge >= 0.3 is 0 Å². The monoisotopic (exact) mass is 272 g/mol. The van der Waals surface area contributed by atoms with Crippen molar-refractivity contribution >= 4 is 0 Å². The molecule has 3 rings (SSSR count). The van der Waals surface area contributed by atoms with Gasteiger partial charge in [-0.15, -0.1) is 0 Å². The summed E-state index contributed by atoms with van der Waals surface area (Å²) in [5.74, 6) is 1.01. The minimum absolute atomic E-state index is 0.696. The molecule has 2 heteroatoms. The van der Waals surface area contributed by atoms with Gasteiger partial charge in [0.2, 0.25) is 0 Å². The lowest BCUT2D eigenvalue weighted by Crippen LogP contribution is -2.40. The first-order chi connectivity index (χ1) is 9.79. The fourth-order valence-electron chi connectivity index (χ4n) is 3.65. The van der Waals surface area contributed by atoms with Gasteiger partial charge in [0.25, 0.3) is 0 Å². The van der Waals surface area contributed by atoms with Crippen molar-refractivity contribution in [1.82, 2.24) is 10.2 Å². The van der Waals surface area contributed by atoms with Crippen LogP contribution in [0.3, 0.4) is 0 Å². The van der Waals surface area contributed by atoms with Gasteiger partial charge in [-0.05, 0) is 31.2 Å². The third kappa shape index (κ3) is 3.83. The van der Waals surface area contributed by atoms with Crippen LogP contribution in [0.25, 0.3) is 0 Å². The van der Waals surface area contributed by atoms with E-state index in [1.54, 1.807) is 0 Å². The van der Waals surface area contributed by atoms with Crippen LogP contribution in [-0.2, 0) is 6.54 Å². The molecule has 1 aliphatic heterocycles. The summed E-state index contributed by atoms with van der Waals surface area (Å²) in [7, 11) is 0. The minimum Gasteiger partial charge on any atom is -0.310 e. The molecule has 1 aliphatic carbocycles. The average molecular weight is 272 g/mol. The fourth-order valence-corrected chi connectivity index (χ4v) is 3.65. The fraction of sp³-hybridized carbons (Fsp3) is 0.667. The molecular weight excluding hydrogens is 244 g/mol. The van der Waals surface area contributed by atoms with Crippen LogP contribution in [-0.4, -0.2) is 30.1 Å². The summed E-state index contributed by atoms with van der Waals surface area (Å²) >= 11 is 0. The summed E-state index contributed by atoms with van der Waals surface area (Å²) in [4.78, 5) is 2.59. The van der Waals surface area contributed by atoms with Crippen LogP contribution in [0.5, 0.6) is 0 Å². The van der Waals surface area contributed by atoms with Gasteiger partial charge in [0.15, 0.2) is 0 Å². The van der Waals surface area contributed by atoms with E-state index in [1.807, 2.05) is 0 Å². The van der Waals surface area contributed by atoms with Gasteiger partial charge in [0.05, 0.1) is 0 Å². The maximum atomic E-state index is 3.85. The Morgan fingerprint density at radius 2 is 2.00 bits per heavy atom. The summed E-state index contributed by atoms with van der Waals surface area (Å²) in [5.41, 5.74) is 1.44. The summed E-state index contributed by atoms with van der Waals surface area (Å²) in [6.07, 6.45) is 7.09. The van der Waals surface area contributed by atoms with Crippen molar-refractivity contribution in [2.75, 3.05) is 13.1 Å². The van der Waals surface area contributed by atoms with E-state index in [0.717, 1.165) is 12.5 Å². The van der Waals surface area contributed by atoms with Crippen molar-refractivity contribution in [2.24, 2.45) is 5.92 Å². The number of nitrogens with zero attached hydrogens (tertiary/aromatic N) is 1. The van der Waals surface area contributed by atoms with Crippen molar-refractivity contribution in [3.8, 4) is 0 Å². The maximum absolute atomic E-state index is 3.85. The highest BCUT2D eigenvalue weighted by Gasteiger charge is 2.25. The number of hydrogen-bond donors (Lipinski definition) is 1. The second-order valence-corrected chi connectivity index (χ2v) is 6.81. The Kier molecular flexibility index (Phi) is 4.74. The molecule has 2 atom stereocenters. The first kappa shape index (κ1) is 14.1. The van der Waals surface area contributed by atoms with E-state index in [9.17, 15) is 0 Å². The van der Waals surface area contributed by atoms with Crippen LogP contribution >= 0.6 is 0 Å². The van der Waals surface area contributed by atoms with Crippen LogP contribution in [0, 0.1) is 5.92 Å². The molecule has 0 amide bonds. The lowest BCUT2D eigenvalue weighted by Gasteiger charge is -2.30. The highest BCUT2D eigenvalue weighted by atomic mass is 15.2. The van der Waals surface area contributed by atoms with Gasteiger partial charge < -0.3 is 5.32 Å². The Hall–Kier alpha value is -0.860. The number of nitrogens with one attached hydrogen (secondary N) is 1. The summed E-state index contributed by atoms with van der Waals surface area (Å²) in [5, 5.41) is 3.85. The predicted octanol–water partition coefficient (Wildman–Crippen LogP) is 3.43.